The number of carboxylic acids is 2. The molecule has 0 atom stereocenters. The zero-order chi connectivity index (χ0) is 16.5. The van der Waals surface area contributed by atoms with Crippen LogP contribution in [0.25, 0.3) is 0 Å². The standard InChI is InChI=1S/C11H15N3.C4H4O4/c1-10-8-14(9-12-10)7-5-11-4-3-6-13(11)2;5-3(6)1-2-4(7)8/h3-4,6,8-9H,5,7H2,1-2H3;1-2H,(H,5,6)(H,7,8)/b;2-1+. The molecular weight excluding hydrogens is 286 g/mol. The molecule has 2 N–H and O–H groups in total. The molecule has 0 amide bonds. The van der Waals surface area contributed by atoms with E-state index in [2.05, 4.69) is 45.7 Å². The van der Waals surface area contributed by atoms with Crippen molar-refractivity contribution in [2.24, 2.45) is 7.05 Å². The van der Waals surface area contributed by atoms with E-state index in [4.69, 9.17) is 10.2 Å². The van der Waals surface area contributed by atoms with Crippen LogP contribution in [0.2, 0.25) is 0 Å². The third kappa shape index (κ3) is 6.56. The van der Waals surface area contributed by atoms with Gasteiger partial charge in [-0.15, -0.1) is 0 Å². The molecular formula is C15H19N3O4. The molecule has 0 aliphatic heterocycles. The minimum Gasteiger partial charge on any atom is -0.478 e. The molecule has 0 saturated heterocycles. The molecule has 2 heterocycles. The molecule has 0 aliphatic rings. The number of carbonyl (C=O) groups is 2. The lowest BCUT2D eigenvalue weighted by molar-refractivity contribution is -0.134. The second-order valence-corrected chi connectivity index (χ2v) is 4.62. The molecule has 2 aromatic rings. The molecule has 0 fully saturated rings. The van der Waals surface area contributed by atoms with Crippen LogP contribution in [0.15, 0.2) is 43.0 Å². The van der Waals surface area contributed by atoms with Gasteiger partial charge in [-0.1, -0.05) is 0 Å². The number of aryl methyl sites for hydroxylation is 4. The van der Waals surface area contributed by atoms with Gasteiger partial charge in [0.25, 0.3) is 0 Å². The van der Waals surface area contributed by atoms with Crippen molar-refractivity contribution in [2.45, 2.75) is 19.9 Å². The summed E-state index contributed by atoms with van der Waals surface area (Å²) >= 11 is 0. The van der Waals surface area contributed by atoms with Crippen LogP contribution in [-0.2, 0) is 29.6 Å². The number of hydrogen-bond acceptors (Lipinski definition) is 3. The lowest BCUT2D eigenvalue weighted by Gasteiger charge is -2.03. The Labute approximate surface area is 128 Å². The Hall–Kier alpha value is -2.83. The van der Waals surface area contributed by atoms with Gasteiger partial charge in [0, 0.05) is 50.3 Å². The predicted octanol–water partition coefficient (Wildman–Crippen LogP) is 1.48. The van der Waals surface area contributed by atoms with Crippen molar-refractivity contribution in [2.75, 3.05) is 0 Å². The Balaban J connectivity index is 0.000000261. The molecule has 0 radical (unpaired) electrons. The Morgan fingerprint density at radius 1 is 1.27 bits per heavy atom. The number of aliphatic carboxylic acids is 2. The number of nitrogens with zero attached hydrogens (tertiary/aromatic N) is 3. The van der Waals surface area contributed by atoms with E-state index < -0.39 is 11.9 Å². The summed E-state index contributed by atoms with van der Waals surface area (Å²) in [7, 11) is 2.08. The normalized spacial score (nSPS) is 10.3. The van der Waals surface area contributed by atoms with Crippen LogP contribution < -0.4 is 0 Å². The fraction of sp³-hybridized carbons (Fsp3) is 0.267. The summed E-state index contributed by atoms with van der Waals surface area (Å²) in [5.74, 6) is -2.51. The van der Waals surface area contributed by atoms with Crippen molar-refractivity contribution in [3.05, 3.63) is 54.4 Å². The smallest absolute Gasteiger partial charge is 0.328 e. The van der Waals surface area contributed by atoms with Crippen LogP contribution in [0, 0.1) is 6.92 Å². The van der Waals surface area contributed by atoms with E-state index in [9.17, 15) is 9.59 Å². The highest BCUT2D eigenvalue weighted by atomic mass is 16.4. The summed E-state index contributed by atoms with van der Waals surface area (Å²) in [6.07, 6.45) is 8.21. The summed E-state index contributed by atoms with van der Waals surface area (Å²) in [5, 5.41) is 15.6. The fourth-order valence-corrected chi connectivity index (χ4v) is 1.74. The molecule has 0 aromatic carbocycles. The first kappa shape index (κ1) is 17.2. The van der Waals surface area contributed by atoms with Gasteiger partial charge in [0.05, 0.1) is 12.0 Å². The maximum absolute atomic E-state index is 9.55. The first-order valence-corrected chi connectivity index (χ1v) is 6.61. The lowest BCUT2D eigenvalue weighted by atomic mass is 10.3. The number of carboxylic acid groups (broad SMARTS) is 2. The molecule has 7 nitrogen and oxygen atoms in total. The quantitative estimate of drug-likeness (QED) is 0.816. The van der Waals surface area contributed by atoms with Gasteiger partial charge in [-0.25, -0.2) is 14.6 Å². The molecule has 0 bridgehead atoms. The molecule has 2 rings (SSSR count). The Morgan fingerprint density at radius 2 is 1.91 bits per heavy atom. The zero-order valence-corrected chi connectivity index (χ0v) is 12.5. The van der Waals surface area contributed by atoms with E-state index in [0.717, 1.165) is 18.7 Å². The molecule has 2 aromatic heterocycles. The Bertz CT molecular complexity index is 639. The van der Waals surface area contributed by atoms with E-state index in [1.54, 1.807) is 0 Å². The average molecular weight is 305 g/mol. The number of imidazole rings is 1. The molecule has 0 unspecified atom stereocenters. The van der Waals surface area contributed by atoms with E-state index in [1.165, 1.54) is 5.69 Å². The highest BCUT2D eigenvalue weighted by Gasteiger charge is 1.98. The third-order valence-corrected chi connectivity index (χ3v) is 2.81. The number of aromatic nitrogens is 3. The van der Waals surface area contributed by atoms with Crippen molar-refractivity contribution in [3.8, 4) is 0 Å². The highest BCUT2D eigenvalue weighted by molar-refractivity contribution is 5.89. The van der Waals surface area contributed by atoms with Crippen LogP contribution >= 0.6 is 0 Å². The largest absolute Gasteiger partial charge is 0.478 e. The van der Waals surface area contributed by atoms with Crippen molar-refractivity contribution < 1.29 is 19.8 Å². The molecule has 118 valence electrons. The third-order valence-electron chi connectivity index (χ3n) is 2.81. The van der Waals surface area contributed by atoms with Crippen molar-refractivity contribution in [1.82, 2.24) is 14.1 Å². The predicted molar refractivity (Wildman–Crippen MR) is 80.5 cm³/mol. The van der Waals surface area contributed by atoms with Gasteiger partial charge in [0.1, 0.15) is 0 Å². The van der Waals surface area contributed by atoms with Crippen LogP contribution in [0.5, 0.6) is 0 Å². The average Bonchev–Trinajstić information content (AvgIpc) is 3.03. The van der Waals surface area contributed by atoms with Gasteiger partial charge < -0.3 is 19.3 Å². The monoisotopic (exact) mass is 305 g/mol. The summed E-state index contributed by atoms with van der Waals surface area (Å²) in [5.41, 5.74) is 2.44. The minimum atomic E-state index is -1.26. The van der Waals surface area contributed by atoms with Crippen LogP contribution in [-0.4, -0.2) is 36.3 Å². The minimum absolute atomic E-state index is 0.558. The van der Waals surface area contributed by atoms with Gasteiger partial charge >= 0.3 is 11.9 Å². The number of rotatable bonds is 5. The summed E-state index contributed by atoms with van der Waals surface area (Å²) < 4.78 is 4.28. The van der Waals surface area contributed by atoms with Crippen molar-refractivity contribution >= 4 is 11.9 Å². The first-order chi connectivity index (χ1) is 10.4. The fourth-order valence-electron chi connectivity index (χ4n) is 1.74. The summed E-state index contributed by atoms with van der Waals surface area (Å²) in [4.78, 5) is 23.3. The Morgan fingerprint density at radius 3 is 2.32 bits per heavy atom. The van der Waals surface area contributed by atoms with Crippen molar-refractivity contribution in [1.29, 1.82) is 0 Å². The van der Waals surface area contributed by atoms with E-state index in [-0.39, 0.29) is 0 Å². The molecule has 7 heteroatoms. The van der Waals surface area contributed by atoms with Crippen LogP contribution in [0.4, 0.5) is 0 Å². The highest BCUT2D eigenvalue weighted by Crippen LogP contribution is 2.03. The maximum atomic E-state index is 9.55. The maximum Gasteiger partial charge on any atom is 0.328 e. The van der Waals surface area contributed by atoms with Gasteiger partial charge in [0.15, 0.2) is 0 Å². The second-order valence-electron chi connectivity index (χ2n) is 4.62. The zero-order valence-electron chi connectivity index (χ0n) is 12.5. The van der Waals surface area contributed by atoms with Crippen LogP contribution in [0.3, 0.4) is 0 Å². The first-order valence-electron chi connectivity index (χ1n) is 6.61. The lowest BCUT2D eigenvalue weighted by Crippen LogP contribution is -2.02. The summed E-state index contributed by atoms with van der Waals surface area (Å²) in [6.45, 7) is 3.01. The second kappa shape index (κ2) is 8.46. The SMILES string of the molecule is Cc1cn(CCc2cccn2C)cn1.O=C(O)/C=C/C(=O)O. The van der Waals surface area contributed by atoms with E-state index in [1.807, 2.05) is 13.3 Å². The molecule has 0 aliphatic carbocycles. The van der Waals surface area contributed by atoms with Crippen LogP contribution in [0.1, 0.15) is 11.4 Å². The van der Waals surface area contributed by atoms with Gasteiger partial charge in [-0.3, -0.25) is 0 Å². The van der Waals surface area contributed by atoms with Crippen molar-refractivity contribution in [3.63, 3.8) is 0 Å². The number of hydrogen-bond donors (Lipinski definition) is 2. The van der Waals surface area contributed by atoms with Gasteiger partial charge in [-0.2, -0.15) is 0 Å². The molecule has 0 spiro atoms. The van der Waals surface area contributed by atoms with Gasteiger partial charge in [-0.05, 0) is 19.1 Å². The molecule has 0 saturated carbocycles. The van der Waals surface area contributed by atoms with E-state index >= 15 is 0 Å². The molecule has 22 heavy (non-hydrogen) atoms. The van der Waals surface area contributed by atoms with E-state index in [0.29, 0.717) is 12.2 Å². The topological polar surface area (TPSA) is 97.4 Å². The van der Waals surface area contributed by atoms with Gasteiger partial charge in [0.2, 0.25) is 0 Å². The summed E-state index contributed by atoms with van der Waals surface area (Å²) in [6, 6.07) is 4.23. The Kier molecular flexibility index (Phi) is 6.62.